The molecule has 1 atom stereocenters. The van der Waals surface area contributed by atoms with Crippen LogP contribution in [0.4, 0.5) is 5.69 Å². The predicted octanol–water partition coefficient (Wildman–Crippen LogP) is 3.28. The van der Waals surface area contributed by atoms with Gasteiger partial charge in [0.05, 0.1) is 4.92 Å². The highest BCUT2D eigenvalue weighted by Gasteiger charge is 2.18. The molecule has 0 aliphatic rings. The molecule has 3 rings (SSSR count). The summed E-state index contributed by atoms with van der Waals surface area (Å²) in [4.78, 5) is 34.8. The zero-order valence-corrected chi connectivity index (χ0v) is 15.8. The first-order valence-electron chi connectivity index (χ1n) is 8.86. The number of hydrogen-bond acceptors (Lipinski definition) is 5. The molecule has 0 aliphatic heterocycles. The molecule has 2 amide bonds. The molecule has 8 heteroatoms. The molecule has 0 radical (unpaired) electrons. The third-order valence-electron chi connectivity index (χ3n) is 4.37. The number of fused-ring (bicyclic) bond motifs is 1. The molecule has 0 saturated heterocycles. The normalized spacial score (nSPS) is 11.5. The molecule has 29 heavy (non-hydrogen) atoms. The van der Waals surface area contributed by atoms with Crippen LogP contribution in [0.2, 0.25) is 0 Å². The Kier molecular flexibility index (Phi) is 5.73. The standard InChI is InChI=1S/C21H19N3O5/c1-13-7-8-17(12-19(13)24(27)28)21(26)23-22-20(25)14(2)29-18-10-9-15-5-3-4-6-16(15)11-18/h3-12,14H,1-2H3,(H,22,25)(H,23,26). The van der Waals surface area contributed by atoms with Gasteiger partial charge in [0, 0.05) is 17.2 Å². The van der Waals surface area contributed by atoms with Crippen molar-refractivity contribution in [3.8, 4) is 5.75 Å². The maximum atomic E-state index is 12.2. The van der Waals surface area contributed by atoms with Crippen molar-refractivity contribution in [1.82, 2.24) is 10.9 Å². The summed E-state index contributed by atoms with van der Waals surface area (Å²) in [5.41, 5.74) is 4.84. The lowest BCUT2D eigenvalue weighted by atomic mass is 10.1. The maximum Gasteiger partial charge on any atom is 0.279 e. The Hall–Kier alpha value is -3.94. The number of nitrogens with one attached hydrogen (secondary N) is 2. The highest BCUT2D eigenvalue weighted by Crippen LogP contribution is 2.21. The number of nitrogens with zero attached hydrogens (tertiary/aromatic N) is 1. The minimum atomic E-state index is -0.871. The van der Waals surface area contributed by atoms with Crippen LogP contribution in [0.3, 0.4) is 0 Å². The smallest absolute Gasteiger partial charge is 0.279 e. The number of hydrogen-bond donors (Lipinski definition) is 2. The monoisotopic (exact) mass is 393 g/mol. The van der Waals surface area contributed by atoms with Gasteiger partial charge in [-0.2, -0.15) is 0 Å². The Morgan fingerprint density at radius 2 is 1.72 bits per heavy atom. The largest absolute Gasteiger partial charge is 0.481 e. The van der Waals surface area contributed by atoms with Gasteiger partial charge in [0.15, 0.2) is 6.10 Å². The fourth-order valence-electron chi connectivity index (χ4n) is 2.74. The van der Waals surface area contributed by atoms with Crippen LogP contribution in [0, 0.1) is 17.0 Å². The number of benzene rings is 3. The van der Waals surface area contributed by atoms with Crippen LogP contribution in [-0.2, 0) is 4.79 Å². The highest BCUT2D eigenvalue weighted by atomic mass is 16.6. The molecule has 0 saturated carbocycles. The van der Waals surface area contributed by atoms with Gasteiger partial charge in [-0.1, -0.05) is 36.4 Å². The van der Waals surface area contributed by atoms with Gasteiger partial charge < -0.3 is 4.74 Å². The van der Waals surface area contributed by atoms with Crippen molar-refractivity contribution in [2.45, 2.75) is 20.0 Å². The average Bonchev–Trinajstić information content (AvgIpc) is 2.71. The summed E-state index contributed by atoms with van der Waals surface area (Å²) in [6.07, 6.45) is -0.871. The Balaban J connectivity index is 1.60. The van der Waals surface area contributed by atoms with E-state index in [0.29, 0.717) is 11.3 Å². The fourth-order valence-corrected chi connectivity index (χ4v) is 2.74. The molecule has 0 aliphatic carbocycles. The third-order valence-corrected chi connectivity index (χ3v) is 4.37. The number of nitro groups is 1. The molecule has 0 heterocycles. The van der Waals surface area contributed by atoms with Crippen LogP contribution in [0.15, 0.2) is 60.7 Å². The number of carbonyl (C=O) groups is 2. The molecule has 0 fully saturated rings. The van der Waals surface area contributed by atoms with Gasteiger partial charge in [-0.3, -0.25) is 30.6 Å². The van der Waals surface area contributed by atoms with Crippen LogP contribution in [0.5, 0.6) is 5.75 Å². The SMILES string of the molecule is Cc1ccc(C(=O)NNC(=O)C(C)Oc2ccc3ccccc3c2)cc1[N+](=O)[O-]. The molecular weight excluding hydrogens is 374 g/mol. The van der Waals surface area contributed by atoms with Gasteiger partial charge in [0.25, 0.3) is 17.5 Å². The van der Waals surface area contributed by atoms with Crippen LogP contribution in [0.25, 0.3) is 10.8 Å². The summed E-state index contributed by atoms with van der Waals surface area (Å²) < 4.78 is 5.64. The molecule has 0 spiro atoms. The summed E-state index contributed by atoms with van der Waals surface area (Å²) in [5, 5.41) is 13.0. The molecule has 8 nitrogen and oxygen atoms in total. The number of rotatable bonds is 5. The fraction of sp³-hybridized carbons (Fsp3) is 0.143. The second kappa shape index (κ2) is 8.39. The predicted molar refractivity (Wildman–Crippen MR) is 107 cm³/mol. The van der Waals surface area contributed by atoms with E-state index in [1.54, 1.807) is 19.9 Å². The number of nitro benzene ring substituents is 1. The molecular formula is C21H19N3O5. The summed E-state index contributed by atoms with van der Waals surface area (Å²) in [5.74, 6) is -0.709. The van der Waals surface area contributed by atoms with E-state index in [9.17, 15) is 19.7 Å². The minimum absolute atomic E-state index is 0.0608. The van der Waals surface area contributed by atoms with E-state index in [1.807, 2.05) is 36.4 Å². The first-order chi connectivity index (χ1) is 13.8. The van der Waals surface area contributed by atoms with Crippen molar-refractivity contribution in [3.63, 3.8) is 0 Å². The number of amides is 2. The lowest BCUT2D eigenvalue weighted by Gasteiger charge is -2.15. The number of aryl methyl sites for hydroxylation is 1. The van der Waals surface area contributed by atoms with Crippen molar-refractivity contribution in [3.05, 3.63) is 81.9 Å². The van der Waals surface area contributed by atoms with Crippen molar-refractivity contribution < 1.29 is 19.2 Å². The Morgan fingerprint density at radius 3 is 2.45 bits per heavy atom. The number of ether oxygens (including phenoxy) is 1. The highest BCUT2D eigenvalue weighted by molar-refractivity contribution is 5.96. The van der Waals surface area contributed by atoms with Gasteiger partial charge in [0.1, 0.15) is 5.75 Å². The van der Waals surface area contributed by atoms with E-state index in [4.69, 9.17) is 4.74 Å². The van der Waals surface area contributed by atoms with E-state index in [2.05, 4.69) is 10.9 Å². The molecule has 0 bridgehead atoms. The van der Waals surface area contributed by atoms with Crippen LogP contribution in [-0.4, -0.2) is 22.8 Å². The van der Waals surface area contributed by atoms with Crippen molar-refractivity contribution in [2.24, 2.45) is 0 Å². The average molecular weight is 393 g/mol. The van der Waals surface area contributed by atoms with Gasteiger partial charge >= 0.3 is 0 Å². The quantitative estimate of drug-likeness (QED) is 0.510. The minimum Gasteiger partial charge on any atom is -0.481 e. The number of carbonyl (C=O) groups excluding carboxylic acids is 2. The third kappa shape index (κ3) is 4.67. The molecule has 148 valence electrons. The van der Waals surface area contributed by atoms with Crippen molar-refractivity contribution in [2.75, 3.05) is 0 Å². The lowest BCUT2D eigenvalue weighted by molar-refractivity contribution is -0.385. The first kappa shape index (κ1) is 19.8. The number of hydrazine groups is 1. The Labute approximate surface area is 166 Å². The van der Waals surface area contributed by atoms with Gasteiger partial charge in [0.2, 0.25) is 0 Å². The molecule has 2 N–H and O–H groups in total. The van der Waals surface area contributed by atoms with Crippen molar-refractivity contribution in [1.29, 1.82) is 0 Å². The van der Waals surface area contributed by atoms with E-state index in [-0.39, 0.29) is 11.3 Å². The molecule has 0 aromatic heterocycles. The Bertz CT molecular complexity index is 1100. The zero-order valence-electron chi connectivity index (χ0n) is 15.8. The van der Waals surface area contributed by atoms with E-state index in [1.165, 1.54) is 12.1 Å². The molecule has 3 aromatic carbocycles. The molecule has 3 aromatic rings. The van der Waals surface area contributed by atoms with Crippen LogP contribution in [0.1, 0.15) is 22.8 Å². The van der Waals surface area contributed by atoms with E-state index in [0.717, 1.165) is 16.8 Å². The lowest BCUT2D eigenvalue weighted by Crippen LogP contribution is -2.47. The summed E-state index contributed by atoms with van der Waals surface area (Å²) >= 11 is 0. The maximum absolute atomic E-state index is 12.2. The van der Waals surface area contributed by atoms with Gasteiger partial charge in [-0.15, -0.1) is 0 Å². The van der Waals surface area contributed by atoms with Gasteiger partial charge in [-0.05, 0) is 42.8 Å². The first-order valence-corrected chi connectivity index (χ1v) is 8.86. The van der Waals surface area contributed by atoms with Gasteiger partial charge in [-0.25, -0.2) is 0 Å². The summed E-state index contributed by atoms with van der Waals surface area (Å²) in [7, 11) is 0. The van der Waals surface area contributed by atoms with E-state index >= 15 is 0 Å². The van der Waals surface area contributed by atoms with Crippen LogP contribution >= 0.6 is 0 Å². The van der Waals surface area contributed by atoms with E-state index < -0.39 is 22.8 Å². The van der Waals surface area contributed by atoms with Crippen LogP contribution < -0.4 is 15.6 Å². The zero-order chi connectivity index (χ0) is 21.0. The summed E-state index contributed by atoms with van der Waals surface area (Å²) in [6.45, 7) is 3.13. The molecule has 1 unspecified atom stereocenters. The topological polar surface area (TPSA) is 111 Å². The Morgan fingerprint density at radius 1 is 1.00 bits per heavy atom. The summed E-state index contributed by atoms with van der Waals surface area (Å²) in [6, 6.07) is 17.3. The second-order valence-corrected chi connectivity index (χ2v) is 6.47. The second-order valence-electron chi connectivity index (χ2n) is 6.47. The van der Waals surface area contributed by atoms with Crippen molar-refractivity contribution >= 4 is 28.3 Å².